The van der Waals surface area contributed by atoms with Crippen LogP contribution in [-0.4, -0.2) is 31.0 Å². The van der Waals surface area contributed by atoms with Crippen molar-refractivity contribution in [3.05, 3.63) is 29.3 Å². The molecule has 8 heteroatoms. The summed E-state index contributed by atoms with van der Waals surface area (Å²) < 4.78 is 33.7. The van der Waals surface area contributed by atoms with E-state index in [0.717, 1.165) is 43.0 Å². The summed E-state index contributed by atoms with van der Waals surface area (Å²) in [4.78, 5) is 12.2. The molecule has 0 saturated carbocycles. The minimum absolute atomic E-state index is 0.146. The van der Waals surface area contributed by atoms with Crippen molar-refractivity contribution in [3.8, 4) is 0 Å². The lowest BCUT2D eigenvalue weighted by atomic mass is 9.92. The van der Waals surface area contributed by atoms with Crippen molar-refractivity contribution in [1.82, 2.24) is 4.72 Å². The van der Waals surface area contributed by atoms with Gasteiger partial charge in [-0.15, -0.1) is 0 Å². The number of carbonyl (C=O) groups excluding carboxylic acids is 1. The van der Waals surface area contributed by atoms with Crippen molar-refractivity contribution in [2.75, 3.05) is 11.0 Å². The number of alkyl halides is 1. The van der Waals surface area contributed by atoms with Crippen molar-refractivity contribution in [3.63, 3.8) is 0 Å². The second-order valence-electron chi connectivity index (χ2n) is 8.17. The standard InChI is InChI=1S/C21H33ClINO4S/c1-21(2,3)28-20(25)14-9-17(8-6-15-23)7-4-5-16-24-29(26,27)19-12-10-18(22)11-13-19/h10-13,17,24H,4-9,14-16H2,1-3H3. The molecule has 0 bridgehead atoms. The van der Waals surface area contributed by atoms with Gasteiger partial charge in [0, 0.05) is 18.0 Å². The Balaban J connectivity index is 2.38. The molecule has 0 fully saturated rings. The fraction of sp³-hybridized carbons (Fsp3) is 0.667. The number of halogens is 2. The largest absolute Gasteiger partial charge is 0.460 e. The number of benzene rings is 1. The first-order chi connectivity index (χ1) is 13.5. The van der Waals surface area contributed by atoms with E-state index in [1.165, 1.54) is 12.1 Å². The summed E-state index contributed by atoms with van der Waals surface area (Å²) in [6, 6.07) is 6.14. The highest BCUT2D eigenvalue weighted by Gasteiger charge is 2.18. The van der Waals surface area contributed by atoms with Crippen molar-refractivity contribution in [1.29, 1.82) is 0 Å². The Morgan fingerprint density at radius 3 is 2.31 bits per heavy atom. The van der Waals surface area contributed by atoms with Crippen LogP contribution in [0.15, 0.2) is 29.2 Å². The summed E-state index contributed by atoms with van der Waals surface area (Å²) in [6.07, 6.45) is 6.14. The number of sulfonamides is 1. The Bertz CT molecular complexity index is 717. The predicted octanol–water partition coefficient (Wildman–Crippen LogP) is 5.74. The van der Waals surface area contributed by atoms with E-state index in [2.05, 4.69) is 27.3 Å². The lowest BCUT2D eigenvalue weighted by molar-refractivity contribution is -0.155. The molecule has 1 rings (SSSR count). The Kier molecular flexibility index (Phi) is 12.1. The first-order valence-corrected chi connectivity index (χ1v) is 13.5. The van der Waals surface area contributed by atoms with E-state index in [1.807, 2.05) is 20.8 Å². The number of unbranched alkanes of at least 4 members (excludes halogenated alkanes) is 1. The van der Waals surface area contributed by atoms with Gasteiger partial charge in [-0.25, -0.2) is 13.1 Å². The van der Waals surface area contributed by atoms with Crippen LogP contribution in [0.25, 0.3) is 0 Å². The van der Waals surface area contributed by atoms with Crippen LogP contribution in [0.1, 0.15) is 65.7 Å². The molecule has 1 aromatic carbocycles. The van der Waals surface area contributed by atoms with Crippen LogP contribution in [0.4, 0.5) is 0 Å². The smallest absolute Gasteiger partial charge is 0.306 e. The Morgan fingerprint density at radius 1 is 1.10 bits per heavy atom. The molecule has 0 heterocycles. The fourth-order valence-electron chi connectivity index (χ4n) is 2.97. The molecule has 0 aliphatic carbocycles. The van der Waals surface area contributed by atoms with Gasteiger partial charge in [0.05, 0.1) is 4.90 Å². The number of hydrogen-bond donors (Lipinski definition) is 1. The second-order valence-corrected chi connectivity index (χ2v) is 11.5. The summed E-state index contributed by atoms with van der Waals surface area (Å²) in [5.74, 6) is 0.317. The maximum atomic E-state index is 12.3. The number of carbonyl (C=O) groups is 1. The second kappa shape index (κ2) is 13.1. The quantitative estimate of drug-likeness (QED) is 0.145. The van der Waals surface area contributed by atoms with Crippen molar-refractivity contribution in [2.45, 2.75) is 76.2 Å². The van der Waals surface area contributed by atoms with Gasteiger partial charge in [-0.1, -0.05) is 47.0 Å². The molecular weight excluding hydrogens is 525 g/mol. The zero-order valence-corrected chi connectivity index (χ0v) is 21.3. The van der Waals surface area contributed by atoms with Crippen LogP contribution < -0.4 is 4.72 Å². The first kappa shape index (κ1) is 26.7. The van der Waals surface area contributed by atoms with E-state index in [-0.39, 0.29) is 10.9 Å². The van der Waals surface area contributed by atoms with E-state index >= 15 is 0 Å². The van der Waals surface area contributed by atoms with Crippen LogP contribution >= 0.6 is 34.2 Å². The maximum absolute atomic E-state index is 12.3. The number of rotatable bonds is 13. The molecular formula is C21H33ClINO4S. The molecule has 1 N–H and O–H groups in total. The highest BCUT2D eigenvalue weighted by molar-refractivity contribution is 14.1. The van der Waals surface area contributed by atoms with Gasteiger partial charge in [0.25, 0.3) is 0 Å². The van der Waals surface area contributed by atoms with E-state index in [9.17, 15) is 13.2 Å². The van der Waals surface area contributed by atoms with Gasteiger partial charge in [0.2, 0.25) is 10.0 Å². The Labute approximate surface area is 194 Å². The van der Waals surface area contributed by atoms with Gasteiger partial charge in [-0.2, -0.15) is 0 Å². The molecule has 0 spiro atoms. The first-order valence-electron chi connectivity index (χ1n) is 10.1. The molecule has 166 valence electrons. The van der Waals surface area contributed by atoms with Crippen LogP contribution in [-0.2, 0) is 19.6 Å². The predicted molar refractivity (Wildman–Crippen MR) is 127 cm³/mol. The number of ether oxygens (including phenoxy) is 1. The van der Waals surface area contributed by atoms with Gasteiger partial charge < -0.3 is 4.74 Å². The van der Waals surface area contributed by atoms with Crippen LogP contribution in [0.2, 0.25) is 5.02 Å². The van der Waals surface area contributed by atoms with E-state index in [1.54, 1.807) is 12.1 Å². The molecule has 0 aliphatic rings. The molecule has 0 aliphatic heterocycles. The topological polar surface area (TPSA) is 72.5 Å². The Morgan fingerprint density at radius 2 is 1.72 bits per heavy atom. The zero-order valence-electron chi connectivity index (χ0n) is 17.5. The monoisotopic (exact) mass is 557 g/mol. The minimum atomic E-state index is -3.50. The fourth-order valence-corrected chi connectivity index (χ4v) is 4.62. The van der Waals surface area contributed by atoms with Gasteiger partial charge >= 0.3 is 5.97 Å². The number of nitrogens with one attached hydrogen (secondary N) is 1. The summed E-state index contributed by atoms with van der Waals surface area (Å²) in [7, 11) is -3.50. The lowest BCUT2D eigenvalue weighted by Crippen LogP contribution is -2.25. The van der Waals surface area contributed by atoms with E-state index in [4.69, 9.17) is 16.3 Å². The van der Waals surface area contributed by atoms with Crippen molar-refractivity contribution >= 4 is 50.2 Å². The third kappa shape index (κ3) is 12.2. The average molecular weight is 558 g/mol. The van der Waals surface area contributed by atoms with Crippen molar-refractivity contribution in [2.24, 2.45) is 5.92 Å². The van der Waals surface area contributed by atoms with Crippen LogP contribution in [0.5, 0.6) is 0 Å². The average Bonchev–Trinajstić information content (AvgIpc) is 2.62. The SMILES string of the molecule is CC(C)(C)OC(=O)CCC(CCCI)CCCCNS(=O)(=O)c1ccc(Cl)cc1. The third-order valence-electron chi connectivity index (χ3n) is 4.38. The van der Waals surface area contributed by atoms with E-state index in [0.29, 0.717) is 23.9 Å². The van der Waals surface area contributed by atoms with Gasteiger partial charge in [0.1, 0.15) is 5.60 Å². The molecule has 0 amide bonds. The number of hydrogen-bond acceptors (Lipinski definition) is 4. The summed E-state index contributed by atoms with van der Waals surface area (Å²) in [5, 5.41) is 0.507. The molecule has 5 nitrogen and oxygen atoms in total. The minimum Gasteiger partial charge on any atom is -0.460 e. The highest BCUT2D eigenvalue weighted by atomic mass is 127. The van der Waals surface area contributed by atoms with Gasteiger partial charge in [0.15, 0.2) is 0 Å². The van der Waals surface area contributed by atoms with Gasteiger partial charge in [-0.05, 0) is 81.1 Å². The molecule has 1 atom stereocenters. The normalized spacial score (nSPS) is 13.3. The zero-order chi connectivity index (χ0) is 21.9. The molecule has 0 radical (unpaired) electrons. The molecule has 1 aromatic rings. The van der Waals surface area contributed by atoms with Crippen molar-refractivity contribution < 1.29 is 17.9 Å². The summed E-state index contributed by atoms with van der Waals surface area (Å²) in [5.41, 5.74) is -0.448. The third-order valence-corrected chi connectivity index (χ3v) is 6.87. The molecule has 1 unspecified atom stereocenters. The molecule has 0 saturated heterocycles. The maximum Gasteiger partial charge on any atom is 0.306 e. The molecule has 0 aromatic heterocycles. The lowest BCUT2D eigenvalue weighted by Gasteiger charge is -2.21. The highest BCUT2D eigenvalue weighted by Crippen LogP contribution is 2.22. The Hall–Kier alpha value is -0.380. The van der Waals surface area contributed by atoms with Gasteiger partial charge in [-0.3, -0.25) is 4.79 Å². The number of esters is 1. The van der Waals surface area contributed by atoms with Crippen LogP contribution in [0, 0.1) is 5.92 Å². The summed E-state index contributed by atoms with van der Waals surface area (Å²) >= 11 is 8.18. The van der Waals surface area contributed by atoms with Crippen LogP contribution in [0.3, 0.4) is 0 Å². The molecule has 29 heavy (non-hydrogen) atoms. The van der Waals surface area contributed by atoms with E-state index < -0.39 is 15.6 Å². The summed E-state index contributed by atoms with van der Waals surface area (Å²) in [6.45, 7) is 6.03.